The second-order valence-corrected chi connectivity index (χ2v) is 6.85. The quantitative estimate of drug-likeness (QED) is 0.928. The van der Waals surface area contributed by atoms with Gasteiger partial charge in [-0.2, -0.15) is 10.1 Å². The van der Waals surface area contributed by atoms with E-state index >= 15 is 0 Å². The van der Waals surface area contributed by atoms with Gasteiger partial charge in [-0.3, -0.25) is 4.68 Å². The van der Waals surface area contributed by atoms with E-state index in [0.717, 1.165) is 37.5 Å². The Morgan fingerprint density at radius 3 is 2.91 bits per heavy atom. The highest BCUT2D eigenvalue weighted by Gasteiger charge is 2.48. The Morgan fingerprint density at radius 1 is 1.43 bits per heavy atom. The molecule has 3 heterocycles. The largest absolute Gasteiger partial charge is 0.477 e. The van der Waals surface area contributed by atoms with Crippen molar-refractivity contribution >= 4 is 17.0 Å². The number of ether oxygens (including phenoxy) is 2. The Labute approximate surface area is 132 Å². The SMILES string of the molecule is O=C(O)c1cc2cn([C@@]34CC[C@@H](C3)OC4)nc2nc1OC1CC1. The van der Waals surface area contributed by atoms with Crippen LogP contribution in [0.25, 0.3) is 11.0 Å². The molecular weight excluding hydrogens is 298 g/mol. The minimum Gasteiger partial charge on any atom is -0.477 e. The number of nitrogens with zero attached hydrogens (tertiary/aromatic N) is 3. The summed E-state index contributed by atoms with van der Waals surface area (Å²) in [5, 5.41) is 14.8. The molecule has 7 nitrogen and oxygen atoms in total. The molecule has 2 atom stereocenters. The highest BCUT2D eigenvalue weighted by molar-refractivity contribution is 5.94. The molecule has 2 saturated carbocycles. The van der Waals surface area contributed by atoms with Crippen LogP contribution in [0.4, 0.5) is 0 Å². The van der Waals surface area contributed by atoms with Gasteiger partial charge in [0.1, 0.15) is 11.7 Å². The topological polar surface area (TPSA) is 86.5 Å². The van der Waals surface area contributed by atoms with Crippen molar-refractivity contribution in [2.45, 2.75) is 49.9 Å². The number of rotatable bonds is 4. The fourth-order valence-corrected chi connectivity index (χ4v) is 3.65. The van der Waals surface area contributed by atoms with Gasteiger partial charge in [0.05, 0.1) is 18.2 Å². The lowest BCUT2D eigenvalue weighted by atomic mass is 10.0. The molecule has 7 heteroatoms. The second-order valence-electron chi connectivity index (χ2n) is 6.85. The molecule has 2 aromatic rings. The van der Waals surface area contributed by atoms with Gasteiger partial charge in [-0.1, -0.05) is 0 Å². The Morgan fingerprint density at radius 2 is 2.30 bits per heavy atom. The van der Waals surface area contributed by atoms with Crippen LogP contribution < -0.4 is 4.74 Å². The summed E-state index contributed by atoms with van der Waals surface area (Å²) in [4.78, 5) is 15.9. The summed E-state index contributed by atoms with van der Waals surface area (Å²) >= 11 is 0. The molecule has 2 bridgehead atoms. The van der Waals surface area contributed by atoms with Gasteiger partial charge in [0.2, 0.25) is 5.88 Å². The molecule has 23 heavy (non-hydrogen) atoms. The lowest BCUT2D eigenvalue weighted by molar-refractivity contribution is 0.0509. The number of carboxylic acid groups (broad SMARTS) is 1. The normalized spacial score (nSPS) is 29.3. The molecule has 1 aliphatic heterocycles. The number of aromatic nitrogens is 3. The minimum atomic E-state index is -1.02. The van der Waals surface area contributed by atoms with Crippen LogP contribution in [0.15, 0.2) is 12.3 Å². The molecule has 3 aliphatic rings. The van der Waals surface area contributed by atoms with E-state index in [9.17, 15) is 9.90 Å². The highest BCUT2D eigenvalue weighted by Crippen LogP contribution is 2.44. The van der Waals surface area contributed by atoms with Crippen LogP contribution in [0.2, 0.25) is 0 Å². The van der Waals surface area contributed by atoms with Gasteiger partial charge in [0.15, 0.2) is 5.65 Å². The average molecular weight is 315 g/mol. The lowest BCUT2D eigenvalue weighted by Crippen LogP contribution is -2.33. The van der Waals surface area contributed by atoms with Crippen molar-refractivity contribution in [2.75, 3.05) is 6.61 Å². The van der Waals surface area contributed by atoms with Crippen LogP contribution in [0, 0.1) is 0 Å². The summed E-state index contributed by atoms with van der Waals surface area (Å²) in [6.07, 6.45) is 7.30. The van der Waals surface area contributed by atoms with Gasteiger partial charge in [0.25, 0.3) is 0 Å². The van der Waals surface area contributed by atoms with Crippen LogP contribution in [0.3, 0.4) is 0 Å². The lowest BCUT2D eigenvalue weighted by Gasteiger charge is -2.25. The molecule has 120 valence electrons. The fraction of sp³-hybridized carbons (Fsp3) is 0.562. The number of hydrogen-bond acceptors (Lipinski definition) is 5. The molecule has 0 aromatic carbocycles. The van der Waals surface area contributed by atoms with Crippen LogP contribution in [-0.2, 0) is 10.3 Å². The van der Waals surface area contributed by atoms with E-state index in [0.29, 0.717) is 18.4 Å². The summed E-state index contributed by atoms with van der Waals surface area (Å²) in [7, 11) is 0. The Bertz CT molecular complexity index is 803. The van der Waals surface area contributed by atoms with E-state index in [1.165, 1.54) is 0 Å². The molecule has 2 aliphatic carbocycles. The first-order chi connectivity index (χ1) is 11.1. The second kappa shape index (κ2) is 4.44. The van der Waals surface area contributed by atoms with Crippen molar-refractivity contribution in [2.24, 2.45) is 0 Å². The average Bonchev–Trinajstić information content (AvgIpc) is 2.99. The van der Waals surface area contributed by atoms with E-state index in [1.54, 1.807) is 6.07 Å². The Kier molecular flexibility index (Phi) is 2.57. The summed E-state index contributed by atoms with van der Waals surface area (Å²) in [5.74, 6) is -0.840. The molecule has 3 fully saturated rings. The first-order valence-electron chi connectivity index (χ1n) is 8.05. The van der Waals surface area contributed by atoms with Gasteiger partial charge in [0, 0.05) is 18.0 Å². The molecule has 1 N–H and O–H groups in total. The third kappa shape index (κ3) is 2.03. The number of carboxylic acids is 1. The maximum Gasteiger partial charge on any atom is 0.341 e. The monoisotopic (exact) mass is 315 g/mol. The maximum atomic E-state index is 11.5. The summed E-state index contributed by atoms with van der Waals surface area (Å²) < 4.78 is 13.3. The van der Waals surface area contributed by atoms with Gasteiger partial charge in [-0.25, -0.2) is 4.79 Å². The maximum absolute atomic E-state index is 11.5. The number of fused-ring (bicyclic) bond motifs is 3. The van der Waals surface area contributed by atoms with Crippen molar-refractivity contribution in [1.82, 2.24) is 14.8 Å². The van der Waals surface area contributed by atoms with Crippen LogP contribution in [0.1, 0.15) is 42.5 Å². The smallest absolute Gasteiger partial charge is 0.341 e. The van der Waals surface area contributed by atoms with Gasteiger partial charge in [-0.15, -0.1) is 0 Å². The zero-order valence-electron chi connectivity index (χ0n) is 12.6. The van der Waals surface area contributed by atoms with Crippen molar-refractivity contribution in [3.05, 3.63) is 17.8 Å². The summed E-state index contributed by atoms with van der Waals surface area (Å²) in [6.45, 7) is 0.670. The summed E-state index contributed by atoms with van der Waals surface area (Å²) in [5.41, 5.74) is 0.551. The van der Waals surface area contributed by atoms with Crippen LogP contribution in [0.5, 0.6) is 5.88 Å². The van der Waals surface area contributed by atoms with Crippen molar-refractivity contribution < 1.29 is 19.4 Å². The predicted molar refractivity (Wildman–Crippen MR) is 79.7 cm³/mol. The van der Waals surface area contributed by atoms with E-state index in [1.807, 2.05) is 10.9 Å². The highest BCUT2D eigenvalue weighted by atomic mass is 16.5. The van der Waals surface area contributed by atoms with Crippen molar-refractivity contribution in [3.8, 4) is 5.88 Å². The molecule has 0 unspecified atom stereocenters. The van der Waals surface area contributed by atoms with Gasteiger partial charge in [-0.05, 0) is 31.7 Å². The predicted octanol–water partition coefficient (Wildman–Crippen LogP) is 1.95. The fourth-order valence-electron chi connectivity index (χ4n) is 3.65. The molecule has 5 rings (SSSR count). The van der Waals surface area contributed by atoms with E-state index in [2.05, 4.69) is 10.1 Å². The zero-order chi connectivity index (χ0) is 15.6. The number of pyridine rings is 1. The van der Waals surface area contributed by atoms with Crippen molar-refractivity contribution in [1.29, 1.82) is 0 Å². The minimum absolute atomic E-state index is 0.0910. The molecular formula is C16H17N3O4. The number of carbonyl (C=O) groups is 1. The van der Waals surface area contributed by atoms with E-state index in [4.69, 9.17) is 9.47 Å². The molecule has 2 aromatic heterocycles. The first-order valence-corrected chi connectivity index (χ1v) is 8.05. The standard InChI is InChI=1S/C16H17N3O4/c20-15(21)12-5-9-7-19(16-4-3-11(6-16)22-8-16)18-13(9)17-14(12)23-10-1-2-10/h5,7,10-11H,1-4,6,8H2,(H,20,21)/t11-,16-/m0/s1. The first kappa shape index (κ1) is 13.3. The third-order valence-electron chi connectivity index (χ3n) is 5.11. The van der Waals surface area contributed by atoms with Crippen molar-refractivity contribution in [3.63, 3.8) is 0 Å². The molecule has 0 amide bonds. The molecule has 0 radical (unpaired) electrons. The van der Waals surface area contributed by atoms with Gasteiger partial charge >= 0.3 is 5.97 Å². The van der Waals surface area contributed by atoms with Crippen LogP contribution in [-0.4, -0.2) is 44.7 Å². The zero-order valence-corrected chi connectivity index (χ0v) is 12.6. The summed E-state index contributed by atoms with van der Waals surface area (Å²) in [6, 6.07) is 1.62. The molecule has 0 spiro atoms. The van der Waals surface area contributed by atoms with Gasteiger partial charge < -0.3 is 14.6 Å². The molecule has 1 saturated heterocycles. The Balaban J connectivity index is 1.60. The Hall–Kier alpha value is -2.15. The van der Waals surface area contributed by atoms with E-state index < -0.39 is 5.97 Å². The van der Waals surface area contributed by atoms with E-state index in [-0.39, 0.29) is 23.1 Å². The number of aromatic carboxylic acids is 1. The number of hydrogen-bond donors (Lipinski definition) is 1. The van der Waals surface area contributed by atoms with Crippen LogP contribution >= 0.6 is 0 Å². The third-order valence-corrected chi connectivity index (χ3v) is 5.11.